The molecule has 28 heavy (non-hydrogen) atoms. The van der Waals surface area contributed by atoms with E-state index in [9.17, 15) is 10.1 Å². The van der Waals surface area contributed by atoms with Gasteiger partial charge in [0, 0.05) is 11.1 Å². The molecule has 0 radical (unpaired) electrons. The molecule has 0 spiro atoms. The lowest BCUT2D eigenvalue weighted by atomic mass is 10.1. The molecule has 5 nitrogen and oxygen atoms in total. The zero-order valence-corrected chi connectivity index (χ0v) is 16.3. The summed E-state index contributed by atoms with van der Waals surface area (Å²) in [4.78, 5) is 17.0. The van der Waals surface area contributed by atoms with E-state index in [-0.39, 0.29) is 11.5 Å². The van der Waals surface area contributed by atoms with E-state index in [2.05, 4.69) is 11.1 Å². The number of pyridine rings is 1. The first-order chi connectivity index (χ1) is 13.6. The van der Waals surface area contributed by atoms with Crippen LogP contribution in [-0.2, 0) is 0 Å². The fraction of sp³-hybridized carbons (Fsp3) is 0.136. The van der Waals surface area contributed by atoms with Gasteiger partial charge in [-0.05, 0) is 60.7 Å². The number of aromatic nitrogens is 1. The highest BCUT2D eigenvalue weighted by atomic mass is 32.2. The van der Waals surface area contributed by atoms with Gasteiger partial charge in [0.25, 0.3) is 0 Å². The molecule has 1 heterocycles. The number of Topliss-reactive ketones (excluding diaryl/α,β-unsaturated/α-hetero) is 1. The highest BCUT2D eigenvalue weighted by Crippen LogP contribution is 2.27. The van der Waals surface area contributed by atoms with Crippen molar-refractivity contribution in [3.8, 4) is 28.8 Å². The first-order valence-corrected chi connectivity index (χ1v) is 9.49. The molecule has 1 aromatic heterocycles. The molecule has 0 amide bonds. The lowest BCUT2D eigenvalue weighted by molar-refractivity contribution is 0.102. The number of nitriles is 1. The van der Waals surface area contributed by atoms with Gasteiger partial charge in [-0.3, -0.25) is 4.79 Å². The fourth-order valence-electron chi connectivity index (χ4n) is 2.55. The Morgan fingerprint density at radius 3 is 2.14 bits per heavy atom. The van der Waals surface area contributed by atoms with Crippen LogP contribution in [0.1, 0.15) is 15.9 Å². The van der Waals surface area contributed by atoms with Crippen molar-refractivity contribution >= 4 is 17.5 Å². The van der Waals surface area contributed by atoms with Crippen molar-refractivity contribution in [1.82, 2.24) is 4.98 Å². The number of nitrogens with zero attached hydrogens (tertiary/aromatic N) is 2. The maximum absolute atomic E-state index is 12.5. The van der Waals surface area contributed by atoms with Crippen LogP contribution in [0.2, 0.25) is 0 Å². The Kier molecular flexibility index (Phi) is 6.30. The van der Waals surface area contributed by atoms with Gasteiger partial charge >= 0.3 is 0 Å². The van der Waals surface area contributed by atoms with Crippen LogP contribution in [0.25, 0.3) is 11.3 Å². The lowest BCUT2D eigenvalue weighted by Gasteiger charge is -2.08. The third kappa shape index (κ3) is 4.51. The van der Waals surface area contributed by atoms with Crippen molar-refractivity contribution in [1.29, 1.82) is 5.26 Å². The number of hydrogen-bond acceptors (Lipinski definition) is 6. The Balaban J connectivity index is 1.78. The van der Waals surface area contributed by atoms with E-state index in [4.69, 9.17) is 9.47 Å². The summed E-state index contributed by atoms with van der Waals surface area (Å²) in [7, 11) is 3.20. The minimum absolute atomic E-state index is 0.0341. The first-order valence-electron chi connectivity index (χ1n) is 8.50. The number of benzene rings is 2. The molecular weight excluding hydrogens is 372 g/mol. The molecule has 0 aliphatic heterocycles. The summed E-state index contributed by atoms with van der Waals surface area (Å²) in [5.74, 6) is 1.62. The molecule has 2 aromatic carbocycles. The third-order valence-electron chi connectivity index (χ3n) is 4.12. The number of hydrogen-bond donors (Lipinski definition) is 0. The van der Waals surface area contributed by atoms with Crippen molar-refractivity contribution in [3.63, 3.8) is 0 Å². The van der Waals surface area contributed by atoms with E-state index in [1.807, 2.05) is 24.3 Å². The number of carbonyl (C=O) groups excluding carboxylic acids is 1. The summed E-state index contributed by atoms with van der Waals surface area (Å²) in [6.07, 6.45) is 0. The summed E-state index contributed by atoms with van der Waals surface area (Å²) in [5.41, 5.74) is 2.69. The number of methoxy groups -OCH3 is 2. The average molecular weight is 390 g/mol. The van der Waals surface area contributed by atoms with E-state index in [0.29, 0.717) is 21.9 Å². The zero-order chi connectivity index (χ0) is 19.9. The SMILES string of the molecule is COc1ccc(C(=O)CSc2nc(-c3ccc(OC)cc3)ccc2C#N)cc1. The van der Waals surface area contributed by atoms with Gasteiger partial charge in [0.1, 0.15) is 22.6 Å². The molecular formula is C22H18N2O3S. The van der Waals surface area contributed by atoms with E-state index < -0.39 is 0 Å². The fourth-order valence-corrected chi connectivity index (χ4v) is 3.42. The highest BCUT2D eigenvalue weighted by molar-refractivity contribution is 8.00. The Bertz CT molecular complexity index is 1010. The molecule has 3 aromatic rings. The number of ketones is 1. The van der Waals surface area contributed by atoms with Crippen LogP contribution in [-0.4, -0.2) is 30.7 Å². The third-order valence-corrected chi connectivity index (χ3v) is 5.11. The summed E-state index contributed by atoms with van der Waals surface area (Å²) in [6, 6.07) is 20.2. The Morgan fingerprint density at radius 1 is 0.964 bits per heavy atom. The van der Waals surface area contributed by atoms with Gasteiger partial charge in [-0.1, -0.05) is 11.8 Å². The normalized spacial score (nSPS) is 10.2. The van der Waals surface area contributed by atoms with E-state index in [1.165, 1.54) is 11.8 Å². The Morgan fingerprint density at radius 2 is 1.57 bits per heavy atom. The van der Waals surface area contributed by atoms with Crippen LogP contribution in [0.4, 0.5) is 0 Å². The van der Waals surface area contributed by atoms with Crippen LogP contribution >= 0.6 is 11.8 Å². The predicted molar refractivity (Wildman–Crippen MR) is 109 cm³/mol. The average Bonchev–Trinajstić information content (AvgIpc) is 2.77. The van der Waals surface area contributed by atoms with Gasteiger partial charge < -0.3 is 9.47 Å². The predicted octanol–water partition coefficient (Wildman–Crippen LogP) is 4.61. The molecule has 0 aliphatic rings. The van der Waals surface area contributed by atoms with Gasteiger partial charge in [-0.25, -0.2) is 4.98 Å². The molecule has 0 fully saturated rings. The number of carbonyl (C=O) groups is 1. The second-order valence-corrected chi connectivity index (χ2v) is 6.79. The van der Waals surface area contributed by atoms with Crippen LogP contribution in [0.5, 0.6) is 11.5 Å². The second kappa shape index (κ2) is 9.07. The van der Waals surface area contributed by atoms with Crippen LogP contribution in [0, 0.1) is 11.3 Å². The van der Waals surface area contributed by atoms with Crippen molar-refractivity contribution in [2.24, 2.45) is 0 Å². The maximum Gasteiger partial charge on any atom is 0.173 e. The van der Waals surface area contributed by atoms with Gasteiger partial charge in [0.2, 0.25) is 0 Å². The second-order valence-electron chi connectivity index (χ2n) is 5.83. The van der Waals surface area contributed by atoms with Crippen LogP contribution in [0.3, 0.4) is 0 Å². The smallest absolute Gasteiger partial charge is 0.173 e. The minimum Gasteiger partial charge on any atom is -0.497 e. The highest BCUT2D eigenvalue weighted by Gasteiger charge is 2.12. The molecule has 0 aliphatic carbocycles. The molecule has 0 N–H and O–H groups in total. The van der Waals surface area contributed by atoms with Gasteiger partial charge in [0.05, 0.1) is 31.2 Å². The molecule has 0 atom stereocenters. The topological polar surface area (TPSA) is 72.2 Å². The summed E-state index contributed by atoms with van der Waals surface area (Å²) in [6.45, 7) is 0. The first kappa shape index (κ1) is 19.5. The number of rotatable bonds is 7. The van der Waals surface area contributed by atoms with E-state index in [1.54, 1.807) is 50.6 Å². The molecule has 0 saturated heterocycles. The quantitative estimate of drug-likeness (QED) is 0.433. The van der Waals surface area contributed by atoms with Gasteiger partial charge in [0.15, 0.2) is 5.78 Å². The Labute approximate surface area is 167 Å². The van der Waals surface area contributed by atoms with E-state index >= 15 is 0 Å². The molecule has 0 unspecified atom stereocenters. The maximum atomic E-state index is 12.5. The van der Waals surface area contributed by atoms with Gasteiger partial charge in [-0.2, -0.15) is 5.26 Å². The Hall–Kier alpha value is -3.30. The van der Waals surface area contributed by atoms with Crippen molar-refractivity contribution in [2.75, 3.05) is 20.0 Å². The molecule has 140 valence electrons. The monoisotopic (exact) mass is 390 g/mol. The largest absolute Gasteiger partial charge is 0.497 e. The van der Waals surface area contributed by atoms with Gasteiger partial charge in [-0.15, -0.1) is 0 Å². The number of ether oxygens (including phenoxy) is 2. The minimum atomic E-state index is -0.0341. The lowest BCUT2D eigenvalue weighted by Crippen LogP contribution is -2.03. The molecule has 3 rings (SSSR count). The van der Waals surface area contributed by atoms with E-state index in [0.717, 1.165) is 17.0 Å². The summed E-state index contributed by atoms with van der Waals surface area (Å²) >= 11 is 1.26. The van der Waals surface area contributed by atoms with Crippen molar-refractivity contribution in [2.45, 2.75) is 5.03 Å². The van der Waals surface area contributed by atoms with Crippen molar-refractivity contribution in [3.05, 3.63) is 71.8 Å². The molecule has 0 bridgehead atoms. The number of thioether (sulfide) groups is 1. The molecule has 6 heteroatoms. The molecule has 0 saturated carbocycles. The standard InChI is InChI=1S/C22H18N2O3S/c1-26-18-8-3-15(4-9-18)20-12-7-17(13-23)22(24-20)28-14-21(25)16-5-10-19(27-2)11-6-16/h3-12H,14H2,1-2H3. The summed E-state index contributed by atoms with van der Waals surface area (Å²) in [5, 5.41) is 9.91. The van der Waals surface area contributed by atoms with Crippen molar-refractivity contribution < 1.29 is 14.3 Å². The van der Waals surface area contributed by atoms with Crippen LogP contribution < -0.4 is 9.47 Å². The van der Waals surface area contributed by atoms with Crippen LogP contribution in [0.15, 0.2) is 65.7 Å². The summed E-state index contributed by atoms with van der Waals surface area (Å²) < 4.78 is 10.3. The zero-order valence-electron chi connectivity index (χ0n) is 15.5.